The van der Waals surface area contributed by atoms with Crippen molar-refractivity contribution in [3.8, 4) is 5.75 Å². The summed E-state index contributed by atoms with van der Waals surface area (Å²) in [5.41, 5.74) is -0.0633. The number of aromatic amines is 1. The molecule has 0 bridgehead atoms. The SMILES string of the molecule is CCOC(=O)c1cc(=O)c2cccc(O)c2[nH]1. The molecule has 0 saturated heterocycles. The molecule has 2 aromatic rings. The minimum absolute atomic E-state index is 0.0332. The number of fused-ring (bicyclic) bond motifs is 1. The summed E-state index contributed by atoms with van der Waals surface area (Å²) in [4.78, 5) is 25.9. The van der Waals surface area contributed by atoms with E-state index in [0.29, 0.717) is 5.39 Å². The topological polar surface area (TPSA) is 79.4 Å². The maximum atomic E-state index is 11.7. The molecule has 0 unspecified atom stereocenters. The third-order valence-corrected chi connectivity index (χ3v) is 2.34. The molecule has 0 aliphatic heterocycles. The van der Waals surface area contributed by atoms with Crippen molar-refractivity contribution in [3.63, 3.8) is 0 Å². The fraction of sp³-hybridized carbons (Fsp3) is 0.167. The minimum Gasteiger partial charge on any atom is -0.506 e. The second-order valence-electron chi connectivity index (χ2n) is 3.47. The van der Waals surface area contributed by atoms with E-state index in [1.807, 2.05) is 0 Å². The van der Waals surface area contributed by atoms with Crippen LogP contribution in [-0.4, -0.2) is 22.7 Å². The average molecular weight is 233 g/mol. The number of H-pyrrole nitrogens is 1. The zero-order valence-corrected chi connectivity index (χ0v) is 9.19. The highest BCUT2D eigenvalue weighted by Gasteiger charge is 2.11. The Hall–Kier alpha value is -2.30. The molecule has 0 saturated carbocycles. The van der Waals surface area contributed by atoms with Crippen LogP contribution in [0.2, 0.25) is 0 Å². The summed E-state index contributed by atoms with van der Waals surface area (Å²) in [6.07, 6.45) is 0. The quantitative estimate of drug-likeness (QED) is 0.768. The fourth-order valence-electron chi connectivity index (χ4n) is 1.58. The number of esters is 1. The number of carbonyl (C=O) groups excluding carboxylic acids is 1. The summed E-state index contributed by atoms with van der Waals surface area (Å²) in [5.74, 6) is -0.694. The molecule has 0 amide bonds. The lowest BCUT2D eigenvalue weighted by atomic mass is 10.2. The third kappa shape index (κ3) is 1.99. The largest absolute Gasteiger partial charge is 0.506 e. The molecular weight excluding hydrogens is 222 g/mol. The number of para-hydroxylation sites is 1. The molecule has 0 radical (unpaired) electrons. The number of hydrogen-bond donors (Lipinski definition) is 2. The lowest BCUT2D eigenvalue weighted by molar-refractivity contribution is 0.0520. The maximum absolute atomic E-state index is 11.7. The molecule has 88 valence electrons. The third-order valence-electron chi connectivity index (χ3n) is 2.34. The number of aromatic hydroxyl groups is 1. The molecule has 0 aliphatic rings. The number of aromatic nitrogens is 1. The van der Waals surface area contributed by atoms with Crippen LogP contribution in [0.25, 0.3) is 10.9 Å². The highest BCUT2D eigenvalue weighted by Crippen LogP contribution is 2.19. The van der Waals surface area contributed by atoms with E-state index in [1.165, 1.54) is 12.1 Å². The zero-order chi connectivity index (χ0) is 12.4. The molecule has 17 heavy (non-hydrogen) atoms. The molecule has 0 atom stereocenters. The highest BCUT2D eigenvalue weighted by atomic mass is 16.5. The standard InChI is InChI=1S/C12H11NO4/c1-2-17-12(16)8-6-10(15)7-4-3-5-9(14)11(7)13-8/h3-6,14H,2H2,1H3,(H,13,15). The molecule has 5 heteroatoms. The van der Waals surface area contributed by atoms with E-state index in [-0.39, 0.29) is 29.0 Å². The van der Waals surface area contributed by atoms with Gasteiger partial charge in [-0.1, -0.05) is 6.07 Å². The summed E-state index contributed by atoms with van der Waals surface area (Å²) >= 11 is 0. The van der Waals surface area contributed by atoms with Crippen LogP contribution >= 0.6 is 0 Å². The number of rotatable bonds is 2. The number of hydrogen-bond acceptors (Lipinski definition) is 4. The molecular formula is C12H11NO4. The smallest absolute Gasteiger partial charge is 0.354 e. The maximum Gasteiger partial charge on any atom is 0.354 e. The van der Waals surface area contributed by atoms with Gasteiger partial charge in [0, 0.05) is 11.5 Å². The van der Waals surface area contributed by atoms with Crippen molar-refractivity contribution < 1.29 is 14.6 Å². The molecule has 1 heterocycles. The van der Waals surface area contributed by atoms with Gasteiger partial charge in [-0.05, 0) is 19.1 Å². The Morgan fingerprint density at radius 2 is 2.24 bits per heavy atom. The van der Waals surface area contributed by atoms with Gasteiger partial charge in [0.2, 0.25) is 0 Å². The van der Waals surface area contributed by atoms with Crippen LogP contribution < -0.4 is 5.43 Å². The van der Waals surface area contributed by atoms with E-state index in [9.17, 15) is 14.7 Å². The highest BCUT2D eigenvalue weighted by molar-refractivity contribution is 5.92. The van der Waals surface area contributed by atoms with E-state index >= 15 is 0 Å². The number of pyridine rings is 1. The van der Waals surface area contributed by atoms with Gasteiger partial charge in [-0.3, -0.25) is 4.79 Å². The summed E-state index contributed by atoms with van der Waals surface area (Å²) in [6.45, 7) is 1.90. The van der Waals surface area contributed by atoms with Crippen LogP contribution in [0.1, 0.15) is 17.4 Å². The lowest BCUT2D eigenvalue weighted by Crippen LogP contribution is -2.12. The van der Waals surface area contributed by atoms with E-state index in [2.05, 4.69) is 4.98 Å². The first-order valence-electron chi connectivity index (χ1n) is 5.15. The van der Waals surface area contributed by atoms with Gasteiger partial charge in [-0.15, -0.1) is 0 Å². The molecule has 5 nitrogen and oxygen atoms in total. The Morgan fingerprint density at radius 1 is 1.47 bits per heavy atom. The first-order valence-corrected chi connectivity index (χ1v) is 5.15. The van der Waals surface area contributed by atoms with Gasteiger partial charge >= 0.3 is 5.97 Å². The number of ether oxygens (including phenoxy) is 1. The number of nitrogens with one attached hydrogen (secondary N) is 1. The van der Waals surface area contributed by atoms with Crippen molar-refractivity contribution in [2.75, 3.05) is 6.61 Å². The molecule has 1 aromatic carbocycles. The Kier molecular flexibility index (Phi) is 2.82. The Bertz CT molecular complexity index is 630. The van der Waals surface area contributed by atoms with Gasteiger partial charge < -0.3 is 14.8 Å². The number of phenolic OH excluding ortho intramolecular Hbond substituents is 1. The first-order chi connectivity index (χ1) is 8.13. The number of phenols is 1. The molecule has 1 aromatic heterocycles. The van der Waals surface area contributed by atoms with Gasteiger partial charge in [0.05, 0.1) is 12.1 Å². The Morgan fingerprint density at radius 3 is 2.94 bits per heavy atom. The second-order valence-corrected chi connectivity index (χ2v) is 3.47. The van der Waals surface area contributed by atoms with Gasteiger partial charge in [0.15, 0.2) is 5.43 Å². The summed E-state index contributed by atoms with van der Waals surface area (Å²) in [6, 6.07) is 5.74. The monoisotopic (exact) mass is 233 g/mol. The molecule has 0 aliphatic carbocycles. The van der Waals surface area contributed by atoms with E-state index in [1.54, 1.807) is 19.1 Å². The van der Waals surface area contributed by atoms with Crippen molar-refractivity contribution in [1.82, 2.24) is 4.98 Å². The zero-order valence-electron chi connectivity index (χ0n) is 9.19. The van der Waals surface area contributed by atoms with Crippen LogP contribution in [0.3, 0.4) is 0 Å². The molecule has 0 fully saturated rings. The first kappa shape index (κ1) is 11.2. The van der Waals surface area contributed by atoms with Gasteiger partial charge in [0.25, 0.3) is 0 Å². The molecule has 2 rings (SSSR count). The minimum atomic E-state index is -0.616. The van der Waals surface area contributed by atoms with Crippen LogP contribution in [-0.2, 0) is 4.74 Å². The van der Waals surface area contributed by atoms with E-state index in [0.717, 1.165) is 0 Å². The van der Waals surface area contributed by atoms with Gasteiger partial charge in [-0.2, -0.15) is 0 Å². The normalized spacial score (nSPS) is 10.4. The van der Waals surface area contributed by atoms with Crippen LogP contribution in [0, 0.1) is 0 Å². The van der Waals surface area contributed by atoms with E-state index < -0.39 is 5.97 Å². The number of carbonyl (C=O) groups is 1. The molecule has 0 spiro atoms. The van der Waals surface area contributed by atoms with Crippen molar-refractivity contribution in [1.29, 1.82) is 0 Å². The van der Waals surface area contributed by atoms with Crippen molar-refractivity contribution in [2.24, 2.45) is 0 Å². The van der Waals surface area contributed by atoms with Crippen molar-refractivity contribution in [2.45, 2.75) is 6.92 Å². The summed E-state index contributed by atoms with van der Waals surface area (Å²) in [7, 11) is 0. The Labute approximate surface area is 96.7 Å². The average Bonchev–Trinajstić information content (AvgIpc) is 2.30. The van der Waals surface area contributed by atoms with E-state index in [4.69, 9.17) is 4.74 Å². The summed E-state index contributed by atoms with van der Waals surface area (Å²) < 4.78 is 4.78. The predicted octanol–water partition coefficient (Wildman–Crippen LogP) is 1.41. The lowest BCUT2D eigenvalue weighted by Gasteiger charge is -2.05. The van der Waals surface area contributed by atoms with Crippen LogP contribution in [0.4, 0.5) is 0 Å². The van der Waals surface area contributed by atoms with Crippen molar-refractivity contribution >= 4 is 16.9 Å². The molecule has 2 N–H and O–H groups in total. The summed E-state index contributed by atoms with van der Waals surface area (Å²) in [5, 5.41) is 9.94. The second kappa shape index (κ2) is 4.29. The fourth-order valence-corrected chi connectivity index (χ4v) is 1.58. The van der Waals surface area contributed by atoms with Gasteiger partial charge in [0.1, 0.15) is 11.4 Å². The van der Waals surface area contributed by atoms with Crippen molar-refractivity contribution in [3.05, 3.63) is 40.2 Å². The Balaban J connectivity index is 2.66. The predicted molar refractivity (Wildman–Crippen MR) is 62.2 cm³/mol. The number of benzene rings is 1. The van der Waals surface area contributed by atoms with Crippen LogP contribution in [0.5, 0.6) is 5.75 Å². The van der Waals surface area contributed by atoms with Crippen LogP contribution in [0.15, 0.2) is 29.1 Å². The van der Waals surface area contributed by atoms with Gasteiger partial charge in [-0.25, -0.2) is 4.79 Å².